The van der Waals surface area contributed by atoms with Crippen molar-refractivity contribution in [3.63, 3.8) is 0 Å². The molecule has 37 heavy (non-hydrogen) atoms. The first-order valence-corrected chi connectivity index (χ1v) is 13.9. The van der Waals surface area contributed by atoms with Gasteiger partial charge in [0.25, 0.3) is 0 Å². The summed E-state index contributed by atoms with van der Waals surface area (Å²) in [5, 5.41) is 7.92. The third kappa shape index (κ3) is 7.10. The Balaban J connectivity index is 1.18. The maximum absolute atomic E-state index is 5.01. The predicted octanol–water partition coefficient (Wildman–Crippen LogP) is 6.47. The zero-order chi connectivity index (χ0) is 25.3. The molecular formula is C31H40N6. The van der Waals surface area contributed by atoms with Crippen LogP contribution < -0.4 is 5.32 Å². The Kier molecular flexibility index (Phi) is 8.70. The van der Waals surface area contributed by atoms with Crippen LogP contribution in [-0.2, 0) is 20.0 Å². The highest BCUT2D eigenvalue weighted by molar-refractivity contribution is 5.62. The van der Waals surface area contributed by atoms with Crippen LogP contribution in [0.2, 0.25) is 0 Å². The van der Waals surface area contributed by atoms with Gasteiger partial charge in [0.15, 0.2) is 0 Å². The third-order valence-electron chi connectivity index (χ3n) is 7.31. The van der Waals surface area contributed by atoms with E-state index in [9.17, 15) is 0 Å². The minimum absolute atomic E-state index is 0.716. The second-order valence-electron chi connectivity index (χ2n) is 10.3. The molecule has 2 aromatic heterocycles. The number of hydrogen-bond acceptors (Lipinski definition) is 4. The Bertz CT molecular complexity index is 1240. The number of piperidine rings is 1. The van der Waals surface area contributed by atoms with Gasteiger partial charge >= 0.3 is 0 Å². The van der Waals surface area contributed by atoms with Gasteiger partial charge in [-0.1, -0.05) is 55.7 Å². The van der Waals surface area contributed by atoms with E-state index in [0.717, 1.165) is 29.3 Å². The molecule has 2 aromatic carbocycles. The van der Waals surface area contributed by atoms with E-state index >= 15 is 0 Å². The first-order chi connectivity index (χ1) is 18.2. The smallest absolute Gasteiger partial charge is 0.208 e. The van der Waals surface area contributed by atoms with E-state index < -0.39 is 0 Å². The average Bonchev–Trinajstić information content (AvgIpc) is 3.57. The lowest BCUT2D eigenvalue weighted by Gasteiger charge is -2.26. The second kappa shape index (κ2) is 12.7. The summed E-state index contributed by atoms with van der Waals surface area (Å²) in [6, 6.07) is 19.1. The summed E-state index contributed by atoms with van der Waals surface area (Å²) in [5.74, 6) is 0.901. The molecular weight excluding hydrogens is 456 g/mol. The zero-order valence-electron chi connectivity index (χ0n) is 22.1. The van der Waals surface area contributed by atoms with Gasteiger partial charge in [0.05, 0.1) is 11.9 Å². The lowest BCUT2D eigenvalue weighted by Crippen LogP contribution is -2.30. The quantitative estimate of drug-likeness (QED) is 0.228. The summed E-state index contributed by atoms with van der Waals surface area (Å²) >= 11 is 0. The molecule has 5 rings (SSSR count). The monoisotopic (exact) mass is 496 g/mol. The Labute approximate surface area is 221 Å². The molecule has 0 amide bonds. The van der Waals surface area contributed by atoms with Gasteiger partial charge in [-0.2, -0.15) is 5.10 Å². The summed E-state index contributed by atoms with van der Waals surface area (Å²) < 4.78 is 4.03. The third-order valence-corrected chi connectivity index (χ3v) is 7.31. The molecule has 4 aromatic rings. The van der Waals surface area contributed by atoms with Crippen LogP contribution in [0.5, 0.6) is 0 Å². The molecule has 1 N–H and O–H groups in total. The van der Waals surface area contributed by atoms with Gasteiger partial charge in [-0.05, 0) is 81.1 Å². The Morgan fingerprint density at radius 1 is 0.838 bits per heavy atom. The molecule has 6 nitrogen and oxygen atoms in total. The molecule has 3 heterocycles. The molecule has 194 valence electrons. The summed E-state index contributed by atoms with van der Waals surface area (Å²) in [5.41, 5.74) is 5.83. The van der Waals surface area contributed by atoms with Gasteiger partial charge < -0.3 is 10.2 Å². The van der Waals surface area contributed by atoms with Crippen molar-refractivity contribution in [1.82, 2.24) is 24.2 Å². The number of para-hydroxylation sites is 1. The highest BCUT2D eigenvalue weighted by Crippen LogP contribution is 2.22. The lowest BCUT2D eigenvalue weighted by atomic mass is 10.1. The molecule has 0 unspecified atom stereocenters. The maximum Gasteiger partial charge on any atom is 0.208 e. The van der Waals surface area contributed by atoms with Crippen molar-refractivity contribution in [2.24, 2.45) is 7.05 Å². The highest BCUT2D eigenvalue weighted by atomic mass is 15.2. The minimum Gasteiger partial charge on any atom is -0.351 e. The van der Waals surface area contributed by atoms with Crippen molar-refractivity contribution in [3.8, 4) is 16.8 Å². The molecule has 1 saturated heterocycles. The van der Waals surface area contributed by atoms with Gasteiger partial charge in [0.1, 0.15) is 0 Å². The number of imidazole rings is 1. The predicted molar refractivity (Wildman–Crippen MR) is 152 cm³/mol. The Morgan fingerprint density at radius 3 is 2.49 bits per heavy atom. The normalized spacial score (nSPS) is 14.2. The van der Waals surface area contributed by atoms with Crippen molar-refractivity contribution < 1.29 is 0 Å². The van der Waals surface area contributed by atoms with E-state index in [0.29, 0.717) is 6.54 Å². The van der Waals surface area contributed by atoms with E-state index in [-0.39, 0.29) is 0 Å². The fraction of sp³-hybridized carbons (Fsp3) is 0.419. The molecule has 0 atom stereocenters. The van der Waals surface area contributed by atoms with E-state index in [2.05, 4.69) is 86.9 Å². The van der Waals surface area contributed by atoms with Gasteiger partial charge in [-0.25, -0.2) is 4.98 Å². The summed E-state index contributed by atoms with van der Waals surface area (Å²) in [7, 11) is 1.95. The van der Waals surface area contributed by atoms with Crippen LogP contribution in [0, 0.1) is 0 Å². The van der Waals surface area contributed by atoms with Crippen LogP contribution in [0.4, 0.5) is 5.95 Å². The van der Waals surface area contributed by atoms with Crippen molar-refractivity contribution in [3.05, 3.63) is 84.4 Å². The van der Waals surface area contributed by atoms with E-state index in [1.165, 1.54) is 75.7 Å². The molecule has 0 bridgehead atoms. The van der Waals surface area contributed by atoms with E-state index in [4.69, 9.17) is 4.98 Å². The number of aryl methyl sites for hydroxylation is 2. The number of rotatable bonds is 12. The number of likely N-dealkylation sites (tertiary alicyclic amines) is 1. The number of nitrogens with one attached hydrogen (secondary N) is 1. The van der Waals surface area contributed by atoms with Crippen LogP contribution in [0.15, 0.2) is 73.2 Å². The summed E-state index contributed by atoms with van der Waals surface area (Å²) in [4.78, 5) is 7.66. The summed E-state index contributed by atoms with van der Waals surface area (Å²) in [6.45, 7) is 4.60. The highest BCUT2D eigenvalue weighted by Gasteiger charge is 2.11. The Morgan fingerprint density at radius 2 is 1.68 bits per heavy atom. The van der Waals surface area contributed by atoms with Gasteiger partial charge in [-0.15, -0.1) is 0 Å². The van der Waals surface area contributed by atoms with Gasteiger partial charge in [0.2, 0.25) is 5.95 Å². The molecule has 6 heteroatoms. The largest absolute Gasteiger partial charge is 0.351 e. The number of nitrogens with zero attached hydrogens (tertiary/aromatic N) is 5. The van der Waals surface area contributed by atoms with Gasteiger partial charge in [0, 0.05) is 37.2 Å². The molecule has 0 saturated carbocycles. The fourth-order valence-electron chi connectivity index (χ4n) is 5.25. The number of anilines is 1. The average molecular weight is 497 g/mol. The number of benzene rings is 2. The van der Waals surface area contributed by atoms with Crippen molar-refractivity contribution >= 4 is 5.95 Å². The van der Waals surface area contributed by atoms with Crippen molar-refractivity contribution in [2.45, 2.75) is 57.9 Å². The maximum atomic E-state index is 5.01. The van der Waals surface area contributed by atoms with Crippen LogP contribution >= 0.6 is 0 Å². The number of hydrogen-bond donors (Lipinski definition) is 1. The zero-order valence-corrected chi connectivity index (χ0v) is 22.1. The van der Waals surface area contributed by atoms with Crippen LogP contribution in [0.25, 0.3) is 16.8 Å². The van der Waals surface area contributed by atoms with Gasteiger partial charge in [-0.3, -0.25) is 9.25 Å². The van der Waals surface area contributed by atoms with E-state index in [1.807, 2.05) is 17.9 Å². The molecule has 1 aliphatic rings. The summed E-state index contributed by atoms with van der Waals surface area (Å²) in [6.07, 6.45) is 16.5. The first-order valence-electron chi connectivity index (χ1n) is 13.9. The van der Waals surface area contributed by atoms with Crippen LogP contribution in [0.1, 0.15) is 56.2 Å². The molecule has 1 aliphatic heterocycles. The van der Waals surface area contributed by atoms with Crippen LogP contribution in [0.3, 0.4) is 0 Å². The molecule has 0 radical (unpaired) electrons. The second-order valence-corrected chi connectivity index (χ2v) is 10.3. The standard InChI is InChI=1S/C31H40N6/c1-35-24-28(23-33-35)27-14-12-13-26(21-27)22-32-31-34-29(25-37(31)30-16-7-4-8-17-30)15-6-2-3-9-18-36-19-10-5-11-20-36/h4,7-8,12-14,16-17,21,23-25H,2-3,5-6,9-11,15,18-20,22H2,1H3,(H,32,34). The number of aromatic nitrogens is 4. The number of unbranched alkanes of at least 4 members (excludes halogenated alkanes) is 3. The SMILES string of the molecule is Cn1cc(-c2cccc(CNc3nc(CCCCCCN4CCCCC4)cn3-c3ccccc3)c2)cn1. The fourth-order valence-corrected chi connectivity index (χ4v) is 5.25. The van der Waals surface area contributed by atoms with Crippen LogP contribution in [-0.4, -0.2) is 43.9 Å². The van der Waals surface area contributed by atoms with E-state index in [1.54, 1.807) is 0 Å². The van der Waals surface area contributed by atoms with Crippen molar-refractivity contribution in [2.75, 3.05) is 25.0 Å². The molecule has 0 aliphatic carbocycles. The molecule has 0 spiro atoms. The minimum atomic E-state index is 0.716. The topological polar surface area (TPSA) is 50.9 Å². The first kappa shape index (κ1) is 25.3. The molecule has 1 fully saturated rings. The lowest BCUT2D eigenvalue weighted by molar-refractivity contribution is 0.224. The Hall–Kier alpha value is -3.38. The van der Waals surface area contributed by atoms with Crippen molar-refractivity contribution in [1.29, 1.82) is 0 Å².